The van der Waals surface area contributed by atoms with Gasteiger partial charge in [0, 0.05) is 18.3 Å². The minimum absolute atomic E-state index is 0.426. The maximum absolute atomic E-state index is 6.14. The highest BCUT2D eigenvalue weighted by molar-refractivity contribution is 5.92. The summed E-state index contributed by atoms with van der Waals surface area (Å²) in [6, 6.07) is 17.4. The average Bonchev–Trinajstić information content (AvgIpc) is 3.11. The van der Waals surface area contributed by atoms with Crippen LogP contribution in [0, 0.1) is 19.8 Å². The molecule has 0 saturated carbocycles. The second-order valence-corrected chi connectivity index (χ2v) is 8.26. The monoisotopic (exact) mass is 433 g/mol. The third-order valence-electron chi connectivity index (χ3n) is 5.74. The molecule has 3 aromatic rings. The van der Waals surface area contributed by atoms with Crippen LogP contribution in [0.25, 0.3) is 0 Å². The topological polar surface area (TPSA) is 88.9 Å². The molecule has 168 valence electrons. The summed E-state index contributed by atoms with van der Waals surface area (Å²) < 4.78 is 11.6. The summed E-state index contributed by atoms with van der Waals surface area (Å²) in [5, 5.41) is 3.17. The number of hydrogen-bond donors (Lipinski definition) is 2. The van der Waals surface area contributed by atoms with Gasteiger partial charge < -0.3 is 20.2 Å². The Kier molecular flexibility index (Phi) is 7.07. The number of benzene rings is 2. The molecule has 4 rings (SSSR count). The van der Waals surface area contributed by atoms with Crippen molar-refractivity contribution in [3.63, 3.8) is 0 Å². The van der Waals surface area contributed by atoms with Gasteiger partial charge >= 0.3 is 0 Å². The third-order valence-corrected chi connectivity index (χ3v) is 5.74. The van der Waals surface area contributed by atoms with Crippen molar-refractivity contribution < 1.29 is 9.15 Å². The zero-order chi connectivity index (χ0) is 22.3. The summed E-state index contributed by atoms with van der Waals surface area (Å²) >= 11 is 0. The van der Waals surface area contributed by atoms with Crippen molar-refractivity contribution in [1.29, 1.82) is 0 Å². The van der Waals surface area contributed by atoms with Gasteiger partial charge in [-0.05, 0) is 70.0 Å². The SMILES string of the molecule is Cc1nc(CN2CCC(CN=C(N)Nc3cccc(Oc4ccccc4)c3)CC2)oc1C. The van der Waals surface area contributed by atoms with Gasteiger partial charge in [0.05, 0.1) is 12.2 Å². The van der Waals surface area contributed by atoms with Crippen LogP contribution >= 0.6 is 0 Å². The molecule has 1 saturated heterocycles. The molecule has 1 aliphatic heterocycles. The van der Waals surface area contributed by atoms with Gasteiger partial charge in [-0.15, -0.1) is 0 Å². The number of nitrogens with zero attached hydrogens (tertiary/aromatic N) is 3. The summed E-state index contributed by atoms with van der Waals surface area (Å²) in [5.41, 5.74) is 7.97. The second kappa shape index (κ2) is 10.3. The van der Waals surface area contributed by atoms with Crippen LogP contribution in [0.5, 0.6) is 11.5 Å². The quantitative estimate of drug-likeness (QED) is 0.414. The Bertz CT molecular complexity index is 1020. The van der Waals surface area contributed by atoms with E-state index >= 15 is 0 Å². The van der Waals surface area contributed by atoms with Crippen molar-refractivity contribution in [3.05, 3.63) is 71.9 Å². The predicted molar refractivity (Wildman–Crippen MR) is 127 cm³/mol. The predicted octanol–water partition coefficient (Wildman–Crippen LogP) is 4.72. The van der Waals surface area contributed by atoms with Gasteiger partial charge in [-0.25, -0.2) is 4.98 Å². The molecule has 7 heteroatoms. The fourth-order valence-corrected chi connectivity index (χ4v) is 3.80. The van der Waals surface area contributed by atoms with E-state index in [1.165, 1.54) is 0 Å². The Labute approximate surface area is 189 Å². The number of aryl methyl sites for hydroxylation is 2. The zero-order valence-corrected chi connectivity index (χ0v) is 18.8. The first-order chi connectivity index (χ1) is 15.5. The van der Waals surface area contributed by atoms with E-state index in [0.717, 1.165) is 73.6 Å². The van der Waals surface area contributed by atoms with Crippen molar-refractivity contribution in [2.24, 2.45) is 16.6 Å². The van der Waals surface area contributed by atoms with E-state index in [4.69, 9.17) is 14.9 Å². The molecular formula is C25H31N5O2. The molecule has 0 amide bonds. The van der Waals surface area contributed by atoms with Crippen LogP contribution in [0.4, 0.5) is 5.69 Å². The van der Waals surface area contributed by atoms with Crippen molar-refractivity contribution in [2.75, 3.05) is 25.0 Å². The molecule has 0 unspecified atom stereocenters. The molecule has 32 heavy (non-hydrogen) atoms. The molecule has 0 spiro atoms. The van der Waals surface area contributed by atoms with Crippen molar-refractivity contribution >= 4 is 11.6 Å². The van der Waals surface area contributed by atoms with Gasteiger partial charge in [-0.2, -0.15) is 0 Å². The van der Waals surface area contributed by atoms with E-state index in [1.807, 2.05) is 68.4 Å². The summed E-state index contributed by atoms with van der Waals surface area (Å²) in [6.45, 7) is 7.48. The number of ether oxygens (including phenoxy) is 1. The van der Waals surface area contributed by atoms with Gasteiger partial charge in [0.15, 0.2) is 5.96 Å². The van der Waals surface area contributed by atoms with Gasteiger partial charge in [0.1, 0.15) is 17.3 Å². The first-order valence-electron chi connectivity index (χ1n) is 11.1. The minimum Gasteiger partial charge on any atom is -0.457 e. The van der Waals surface area contributed by atoms with E-state index in [9.17, 15) is 0 Å². The van der Waals surface area contributed by atoms with Crippen LogP contribution in [-0.2, 0) is 6.54 Å². The Morgan fingerprint density at radius 1 is 1.12 bits per heavy atom. The van der Waals surface area contributed by atoms with E-state index in [0.29, 0.717) is 11.9 Å². The maximum atomic E-state index is 6.14. The van der Waals surface area contributed by atoms with E-state index in [1.54, 1.807) is 0 Å². The Morgan fingerprint density at radius 2 is 1.88 bits per heavy atom. The fraction of sp³-hybridized carbons (Fsp3) is 0.360. The maximum Gasteiger partial charge on any atom is 0.208 e. The molecular weight excluding hydrogens is 402 g/mol. The molecule has 7 nitrogen and oxygen atoms in total. The normalized spacial score (nSPS) is 15.6. The average molecular weight is 434 g/mol. The lowest BCUT2D eigenvalue weighted by Crippen LogP contribution is -2.34. The summed E-state index contributed by atoms with van der Waals surface area (Å²) in [7, 11) is 0. The molecule has 1 aliphatic rings. The summed E-state index contributed by atoms with van der Waals surface area (Å²) in [4.78, 5) is 11.5. The molecule has 3 N–H and O–H groups in total. The number of para-hydroxylation sites is 1. The van der Waals surface area contributed by atoms with Crippen LogP contribution in [0.1, 0.15) is 30.2 Å². The first kappa shape index (κ1) is 21.9. The molecule has 2 aromatic carbocycles. The van der Waals surface area contributed by atoms with E-state index in [-0.39, 0.29) is 0 Å². The number of nitrogens with two attached hydrogens (primary N) is 1. The van der Waals surface area contributed by atoms with Crippen LogP contribution < -0.4 is 15.8 Å². The minimum atomic E-state index is 0.426. The molecule has 1 aromatic heterocycles. The van der Waals surface area contributed by atoms with Crippen LogP contribution in [-0.4, -0.2) is 35.5 Å². The molecule has 0 bridgehead atoms. The number of hydrogen-bond acceptors (Lipinski definition) is 5. The van der Waals surface area contributed by atoms with Crippen LogP contribution in [0.3, 0.4) is 0 Å². The highest BCUT2D eigenvalue weighted by Gasteiger charge is 2.20. The lowest BCUT2D eigenvalue weighted by atomic mass is 9.97. The molecule has 0 atom stereocenters. The lowest BCUT2D eigenvalue weighted by Gasteiger charge is -2.30. The van der Waals surface area contributed by atoms with Gasteiger partial charge in [0.25, 0.3) is 0 Å². The van der Waals surface area contributed by atoms with Crippen molar-refractivity contribution in [1.82, 2.24) is 9.88 Å². The number of aliphatic imine (C=N–C) groups is 1. The number of rotatable bonds is 7. The number of aromatic nitrogens is 1. The molecule has 2 heterocycles. The van der Waals surface area contributed by atoms with Crippen molar-refractivity contribution in [2.45, 2.75) is 33.2 Å². The molecule has 1 fully saturated rings. The summed E-state index contributed by atoms with van der Waals surface area (Å²) in [5.74, 6) is 4.22. The first-order valence-corrected chi connectivity index (χ1v) is 11.1. The Balaban J connectivity index is 1.23. The number of nitrogens with one attached hydrogen (secondary N) is 1. The van der Waals surface area contributed by atoms with Gasteiger partial charge in [-0.1, -0.05) is 24.3 Å². The number of anilines is 1. The number of piperidine rings is 1. The van der Waals surface area contributed by atoms with Gasteiger partial charge in [0.2, 0.25) is 5.89 Å². The third kappa shape index (κ3) is 6.11. The number of guanidine groups is 1. The Morgan fingerprint density at radius 3 is 2.59 bits per heavy atom. The standard InChI is InChI=1S/C25H31N5O2/c1-18-19(2)31-24(28-18)17-30-13-11-20(12-14-30)16-27-25(26)29-21-7-6-10-23(15-21)32-22-8-4-3-5-9-22/h3-10,15,20H,11-14,16-17H2,1-2H3,(H3,26,27,29). The zero-order valence-electron chi connectivity index (χ0n) is 18.8. The fourth-order valence-electron chi connectivity index (χ4n) is 3.80. The molecule has 0 aliphatic carbocycles. The number of likely N-dealkylation sites (tertiary alicyclic amines) is 1. The van der Waals surface area contributed by atoms with Crippen LogP contribution in [0.2, 0.25) is 0 Å². The number of oxazole rings is 1. The highest BCUT2D eigenvalue weighted by atomic mass is 16.5. The van der Waals surface area contributed by atoms with E-state index < -0.39 is 0 Å². The lowest BCUT2D eigenvalue weighted by molar-refractivity contribution is 0.166. The van der Waals surface area contributed by atoms with Crippen molar-refractivity contribution in [3.8, 4) is 11.5 Å². The highest BCUT2D eigenvalue weighted by Crippen LogP contribution is 2.24. The second-order valence-electron chi connectivity index (χ2n) is 8.26. The smallest absolute Gasteiger partial charge is 0.208 e. The largest absolute Gasteiger partial charge is 0.457 e. The van der Waals surface area contributed by atoms with E-state index in [2.05, 4.69) is 20.2 Å². The Hall–Kier alpha value is -3.32. The molecule has 0 radical (unpaired) electrons. The van der Waals surface area contributed by atoms with Crippen LogP contribution in [0.15, 0.2) is 64.0 Å². The van der Waals surface area contributed by atoms with Gasteiger partial charge in [-0.3, -0.25) is 9.89 Å². The summed E-state index contributed by atoms with van der Waals surface area (Å²) in [6.07, 6.45) is 2.19.